The maximum Gasteiger partial charge on any atom is 0.0547 e. The maximum absolute atomic E-state index is 11.3. The summed E-state index contributed by atoms with van der Waals surface area (Å²) >= 11 is 0. The van der Waals surface area contributed by atoms with E-state index in [1.165, 1.54) is 12.8 Å². The zero-order valence-electron chi connectivity index (χ0n) is 11.8. The molecule has 1 aliphatic heterocycles. The van der Waals surface area contributed by atoms with Crippen LogP contribution in [0.4, 0.5) is 0 Å². The predicted octanol–water partition coefficient (Wildman–Crippen LogP) is 1.78. The van der Waals surface area contributed by atoms with Crippen LogP contribution in [-0.4, -0.2) is 24.1 Å². The standard InChI is InChI=1S/C15H27O3/c1-9-4-6-13(11(3)15(16)17)14-8-18-10(2)5-7-12(9)14/h9-16H,4-8H2,1-3H3/q-1/t9-,10?,11-,12+,13+,14?,15+/m1/s1. The smallest absolute Gasteiger partial charge is 0.0547 e. The highest BCUT2D eigenvalue weighted by molar-refractivity contribution is 4.90. The van der Waals surface area contributed by atoms with Crippen LogP contribution < -0.4 is 5.11 Å². The van der Waals surface area contributed by atoms with Crippen LogP contribution in [0.25, 0.3) is 0 Å². The molecule has 2 rings (SSSR count). The molecular formula is C15H27O3-. The minimum atomic E-state index is -1.44. The highest BCUT2D eigenvalue weighted by atomic mass is 16.5. The minimum Gasteiger partial charge on any atom is -0.831 e. The quantitative estimate of drug-likeness (QED) is 0.765. The minimum absolute atomic E-state index is 0.151. The first-order valence-corrected chi connectivity index (χ1v) is 7.46. The summed E-state index contributed by atoms with van der Waals surface area (Å²) in [6.07, 6.45) is 3.51. The lowest BCUT2D eigenvalue weighted by Crippen LogP contribution is -2.45. The van der Waals surface area contributed by atoms with Crippen LogP contribution in [-0.2, 0) is 4.74 Å². The van der Waals surface area contributed by atoms with E-state index < -0.39 is 6.29 Å². The molecule has 0 spiro atoms. The molecule has 1 saturated heterocycles. The van der Waals surface area contributed by atoms with Gasteiger partial charge in [0.1, 0.15) is 0 Å². The highest BCUT2D eigenvalue weighted by Crippen LogP contribution is 2.46. The Morgan fingerprint density at radius 1 is 1.11 bits per heavy atom. The first kappa shape index (κ1) is 14.3. The van der Waals surface area contributed by atoms with Crippen molar-refractivity contribution in [3.05, 3.63) is 0 Å². The summed E-state index contributed by atoms with van der Waals surface area (Å²) in [6.45, 7) is 7.16. The van der Waals surface area contributed by atoms with Crippen LogP contribution in [0.15, 0.2) is 0 Å². The zero-order valence-corrected chi connectivity index (χ0v) is 11.8. The number of aliphatic hydroxyl groups is 1. The molecule has 2 fully saturated rings. The van der Waals surface area contributed by atoms with Crippen molar-refractivity contribution < 1.29 is 14.9 Å². The molecule has 0 aromatic carbocycles. The first-order chi connectivity index (χ1) is 8.50. The van der Waals surface area contributed by atoms with Gasteiger partial charge in [0.25, 0.3) is 0 Å². The van der Waals surface area contributed by atoms with Crippen molar-refractivity contribution in [3.8, 4) is 0 Å². The average Bonchev–Trinajstić information content (AvgIpc) is 2.52. The molecule has 1 N–H and O–H groups in total. The van der Waals surface area contributed by atoms with Gasteiger partial charge >= 0.3 is 0 Å². The Morgan fingerprint density at radius 2 is 1.83 bits per heavy atom. The van der Waals surface area contributed by atoms with Gasteiger partial charge in [0.15, 0.2) is 0 Å². The van der Waals surface area contributed by atoms with Crippen molar-refractivity contribution in [1.82, 2.24) is 0 Å². The van der Waals surface area contributed by atoms with E-state index in [9.17, 15) is 10.2 Å². The Morgan fingerprint density at radius 3 is 2.50 bits per heavy atom. The van der Waals surface area contributed by atoms with E-state index in [1.807, 2.05) is 6.92 Å². The van der Waals surface area contributed by atoms with Gasteiger partial charge in [-0.05, 0) is 62.1 Å². The van der Waals surface area contributed by atoms with Gasteiger partial charge in [0.2, 0.25) is 0 Å². The SMILES string of the molecule is CC1CC[C@@H]2C(CO1)[C@H]([C@@H](C)[C@H]([O-])O)CC[C@H]2C. The second-order valence-corrected chi connectivity index (χ2v) is 6.52. The second-order valence-electron chi connectivity index (χ2n) is 6.52. The number of rotatable bonds is 2. The van der Waals surface area contributed by atoms with E-state index >= 15 is 0 Å². The van der Waals surface area contributed by atoms with Gasteiger partial charge in [-0.2, -0.15) is 0 Å². The Kier molecular flexibility index (Phi) is 4.68. The third-order valence-corrected chi connectivity index (χ3v) is 5.39. The van der Waals surface area contributed by atoms with E-state index in [1.54, 1.807) is 0 Å². The third-order valence-electron chi connectivity index (χ3n) is 5.39. The Hall–Kier alpha value is -0.120. The molecule has 7 atom stereocenters. The van der Waals surface area contributed by atoms with Crippen molar-refractivity contribution in [3.63, 3.8) is 0 Å². The lowest BCUT2D eigenvalue weighted by atomic mass is 9.63. The van der Waals surface area contributed by atoms with Gasteiger partial charge in [0.05, 0.1) is 12.7 Å². The molecule has 0 radical (unpaired) electrons. The molecule has 1 saturated carbocycles. The Balaban J connectivity index is 2.12. The number of aliphatic hydroxyl groups excluding tert-OH is 1. The van der Waals surface area contributed by atoms with E-state index in [0.29, 0.717) is 23.9 Å². The molecule has 106 valence electrons. The van der Waals surface area contributed by atoms with Gasteiger partial charge in [-0.25, -0.2) is 0 Å². The number of ether oxygens (including phenoxy) is 1. The summed E-state index contributed by atoms with van der Waals surface area (Å²) < 4.78 is 5.90. The predicted molar refractivity (Wildman–Crippen MR) is 68.7 cm³/mol. The molecule has 0 aromatic heterocycles. The molecule has 18 heavy (non-hydrogen) atoms. The number of hydrogen-bond donors (Lipinski definition) is 1. The molecule has 3 heteroatoms. The number of hydrogen-bond acceptors (Lipinski definition) is 3. The van der Waals surface area contributed by atoms with Crippen molar-refractivity contribution in [1.29, 1.82) is 0 Å². The van der Waals surface area contributed by atoms with Gasteiger partial charge in [-0.3, -0.25) is 0 Å². The molecule has 2 aliphatic rings. The summed E-state index contributed by atoms with van der Waals surface area (Å²) in [4.78, 5) is 0. The molecule has 2 unspecified atom stereocenters. The normalized spacial score (nSPS) is 44.8. The van der Waals surface area contributed by atoms with Crippen molar-refractivity contribution >= 4 is 0 Å². The molecule has 0 aromatic rings. The third kappa shape index (κ3) is 2.89. The maximum atomic E-state index is 11.3. The van der Waals surface area contributed by atoms with Crippen molar-refractivity contribution in [2.75, 3.05) is 6.61 Å². The monoisotopic (exact) mass is 255 g/mol. The van der Waals surface area contributed by atoms with Gasteiger partial charge < -0.3 is 14.9 Å². The summed E-state index contributed by atoms with van der Waals surface area (Å²) in [5, 5.41) is 20.7. The lowest BCUT2D eigenvalue weighted by Gasteiger charge is -2.45. The topological polar surface area (TPSA) is 52.5 Å². The molecule has 0 amide bonds. The van der Waals surface area contributed by atoms with Crippen LogP contribution in [0.1, 0.15) is 46.5 Å². The summed E-state index contributed by atoms with van der Waals surface area (Å²) in [6, 6.07) is 0. The Bertz CT molecular complexity index is 266. The summed E-state index contributed by atoms with van der Waals surface area (Å²) in [5.74, 6) is 2.06. The van der Waals surface area contributed by atoms with Crippen molar-refractivity contribution in [2.24, 2.45) is 29.6 Å². The van der Waals surface area contributed by atoms with Gasteiger partial charge in [-0.15, -0.1) is 0 Å². The first-order valence-electron chi connectivity index (χ1n) is 7.46. The molecule has 1 aliphatic carbocycles. The van der Waals surface area contributed by atoms with Crippen LogP contribution in [0.2, 0.25) is 0 Å². The van der Waals surface area contributed by atoms with Crippen LogP contribution in [0.3, 0.4) is 0 Å². The highest BCUT2D eigenvalue weighted by Gasteiger charge is 2.41. The van der Waals surface area contributed by atoms with Gasteiger partial charge in [0, 0.05) is 0 Å². The fraction of sp³-hybridized carbons (Fsp3) is 1.00. The van der Waals surface area contributed by atoms with Crippen LogP contribution in [0, 0.1) is 29.6 Å². The Labute approximate surface area is 111 Å². The summed E-state index contributed by atoms with van der Waals surface area (Å²) in [7, 11) is 0. The zero-order chi connectivity index (χ0) is 13.3. The van der Waals surface area contributed by atoms with E-state index in [2.05, 4.69) is 13.8 Å². The largest absolute Gasteiger partial charge is 0.831 e. The van der Waals surface area contributed by atoms with E-state index in [0.717, 1.165) is 25.4 Å². The molecule has 1 heterocycles. The molecule has 3 nitrogen and oxygen atoms in total. The molecular weight excluding hydrogens is 228 g/mol. The van der Waals surface area contributed by atoms with E-state index in [-0.39, 0.29) is 5.92 Å². The fourth-order valence-corrected chi connectivity index (χ4v) is 4.02. The number of fused-ring (bicyclic) bond motifs is 1. The van der Waals surface area contributed by atoms with Crippen LogP contribution in [0.5, 0.6) is 0 Å². The fourth-order valence-electron chi connectivity index (χ4n) is 4.02. The summed E-state index contributed by atoms with van der Waals surface area (Å²) in [5.41, 5.74) is 0. The lowest BCUT2D eigenvalue weighted by molar-refractivity contribution is -0.499. The van der Waals surface area contributed by atoms with Crippen molar-refractivity contribution in [2.45, 2.75) is 58.8 Å². The average molecular weight is 255 g/mol. The second kappa shape index (κ2) is 5.89. The molecule has 0 bridgehead atoms. The van der Waals surface area contributed by atoms with E-state index in [4.69, 9.17) is 4.74 Å². The van der Waals surface area contributed by atoms with Crippen LogP contribution >= 0.6 is 0 Å². The van der Waals surface area contributed by atoms with Gasteiger partial charge in [-0.1, -0.05) is 20.3 Å².